The Morgan fingerprint density at radius 3 is 2.83 bits per heavy atom. The van der Waals surface area contributed by atoms with Crippen molar-refractivity contribution in [3.8, 4) is 0 Å². The molecule has 3 aliphatic heterocycles. The molecular formula is C20H31NO2. The molecule has 3 saturated carbocycles. The molecule has 3 heteroatoms. The molecule has 3 heterocycles. The maximum Gasteiger partial charge on any atom is 0.142 e. The first-order valence-corrected chi connectivity index (χ1v) is 10.0. The quantitative estimate of drug-likeness (QED) is 0.805. The minimum absolute atomic E-state index is 0.0848. The molecule has 8 atom stereocenters. The van der Waals surface area contributed by atoms with Gasteiger partial charge in [0.2, 0.25) is 0 Å². The van der Waals surface area contributed by atoms with E-state index in [0.29, 0.717) is 35.6 Å². The van der Waals surface area contributed by atoms with Crippen molar-refractivity contribution in [2.75, 3.05) is 0 Å². The largest absolute Gasteiger partial charge is 0.367 e. The molecule has 3 aliphatic carbocycles. The van der Waals surface area contributed by atoms with Gasteiger partial charge in [0.25, 0.3) is 0 Å². The number of piperidine rings is 1. The monoisotopic (exact) mass is 317 g/mol. The summed E-state index contributed by atoms with van der Waals surface area (Å²) >= 11 is 0. The number of ether oxygens (including phenoxy) is 1. The molecular weight excluding hydrogens is 286 g/mol. The molecule has 0 aromatic rings. The molecule has 1 N–H and O–H groups in total. The van der Waals surface area contributed by atoms with Crippen LogP contribution in [0.15, 0.2) is 0 Å². The predicted molar refractivity (Wildman–Crippen MR) is 89.1 cm³/mol. The summed E-state index contributed by atoms with van der Waals surface area (Å²) in [4.78, 5) is 13.0. The van der Waals surface area contributed by atoms with E-state index in [4.69, 9.17) is 4.74 Å². The third-order valence-corrected chi connectivity index (χ3v) is 8.25. The molecule has 6 aliphatic rings. The van der Waals surface area contributed by atoms with Gasteiger partial charge in [-0.25, -0.2) is 0 Å². The molecule has 6 fully saturated rings. The van der Waals surface area contributed by atoms with Gasteiger partial charge in [-0.15, -0.1) is 0 Å². The smallest absolute Gasteiger partial charge is 0.142 e. The van der Waals surface area contributed by atoms with Gasteiger partial charge in [0.15, 0.2) is 0 Å². The van der Waals surface area contributed by atoms with Crippen molar-refractivity contribution in [2.24, 2.45) is 23.7 Å². The van der Waals surface area contributed by atoms with Gasteiger partial charge < -0.3 is 10.1 Å². The van der Waals surface area contributed by atoms with Crippen molar-refractivity contribution < 1.29 is 9.53 Å². The number of rotatable bonds is 1. The van der Waals surface area contributed by atoms with Gasteiger partial charge in [0, 0.05) is 24.4 Å². The van der Waals surface area contributed by atoms with E-state index < -0.39 is 0 Å². The van der Waals surface area contributed by atoms with Crippen LogP contribution in [0.1, 0.15) is 71.6 Å². The summed E-state index contributed by atoms with van der Waals surface area (Å²) in [5.74, 6) is 2.54. The van der Waals surface area contributed by atoms with Crippen LogP contribution < -0.4 is 5.32 Å². The highest BCUT2D eigenvalue weighted by molar-refractivity contribution is 5.86. The molecule has 6 rings (SSSR count). The standard InChI is InChI=1S/C20H31NO2/c1-12-6-5-8-16(21-12)15-10-13-14-7-3-4-9-20(14)11-17(22)18(13)19(15,2)23-20/h12-16,18,21H,3-11H2,1-2H3/t12-,13+,14+,15-,16-,18+,19?,20+/m1/s1. The van der Waals surface area contributed by atoms with Gasteiger partial charge in [0.05, 0.1) is 17.1 Å². The van der Waals surface area contributed by atoms with E-state index in [-0.39, 0.29) is 17.1 Å². The fraction of sp³-hybridized carbons (Fsp3) is 0.950. The van der Waals surface area contributed by atoms with Crippen LogP contribution in [0.2, 0.25) is 0 Å². The first-order valence-electron chi connectivity index (χ1n) is 10.0. The Bertz CT molecular complexity index is 534. The van der Waals surface area contributed by atoms with Gasteiger partial charge in [-0.05, 0) is 57.8 Å². The third kappa shape index (κ3) is 1.87. The van der Waals surface area contributed by atoms with E-state index >= 15 is 0 Å². The van der Waals surface area contributed by atoms with Crippen molar-refractivity contribution >= 4 is 5.78 Å². The van der Waals surface area contributed by atoms with E-state index in [1.807, 2.05) is 0 Å². The van der Waals surface area contributed by atoms with Gasteiger partial charge in [-0.1, -0.05) is 19.3 Å². The van der Waals surface area contributed by atoms with Crippen LogP contribution in [-0.4, -0.2) is 29.1 Å². The molecule has 1 unspecified atom stereocenters. The SMILES string of the molecule is C[C@@H]1CCC[C@H]([C@H]2C[C@@H]3[C@H]4C(=O)C[C@]5(CCCC[C@@H]35)OC24C)N1. The predicted octanol–water partition coefficient (Wildman–Crippen LogP) is 3.46. The van der Waals surface area contributed by atoms with Crippen molar-refractivity contribution in [1.29, 1.82) is 0 Å². The Kier molecular flexibility index (Phi) is 3.12. The zero-order valence-electron chi connectivity index (χ0n) is 14.6. The van der Waals surface area contributed by atoms with E-state index in [2.05, 4.69) is 19.2 Å². The summed E-state index contributed by atoms with van der Waals surface area (Å²) in [6.07, 6.45) is 10.8. The summed E-state index contributed by atoms with van der Waals surface area (Å²) in [6.45, 7) is 4.61. The number of nitrogens with one attached hydrogen (secondary N) is 1. The number of hydrogen-bond donors (Lipinski definition) is 1. The highest BCUT2D eigenvalue weighted by atomic mass is 16.5. The number of carbonyl (C=O) groups excluding carboxylic acids is 1. The van der Waals surface area contributed by atoms with E-state index in [0.717, 1.165) is 12.8 Å². The summed E-state index contributed by atoms with van der Waals surface area (Å²) in [5.41, 5.74) is -0.277. The second-order valence-corrected chi connectivity index (χ2v) is 9.43. The lowest BCUT2D eigenvalue weighted by Gasteiger charge is -2.61. The Balaban J connectivity index is 1.52. The van der Waals surface area contributed by atoms with Gasteiger partial charge in [-0.3, -0.25) is 4.79 Å². The van der Waals surface area contributed by atoms with Crippen LogP contribution >= 0.6 is 0 Å². The van der Waals surface area contributed by atoms with Crippen molar-refractivity contribution in [1.82, 2.24) is 5.32 Å². The maximum absolute atomic E-state index is 13.0. The van der Waals surface area contributed by atoms with Gasteiger partial charge in [-0.2, -0.15) is 0 Å². The summed E-state index contributed by atoms with van der Waals surface area (Å²) in [5, 5.41) is 3.86. The number of carbonyl (C=O) groups is 1. The summed E-state index contributed by atoms with van der Waals surface area (Å²) in [6, 6.07) is 1.17. The first kappa shape index (κ1) is 14.9. The van der Waals surface area contributed by atoms with E-state index in [9.17, 15) is 4.79 Å². The molecule has 23 heavy (non-hydrogen) atoms. The first-order chi connectivity index (χ1) is 11.0. The Morgan fingerprint density at radius 1 is 1.13 bits per heavy atom. The van der Waals surface area contributed by atoms with Crippen LogP contribution in [0.5, 0.6) is 0 Å². The fourth-order valence-corrected chi connectivity index (χ4v) is 7.54. The number of ketones is 1. The highest BCUT2D eigenvalue weighted by Gasteiger charge is 2.72. The highest BCUT2D eigenvalue weighted by Crippen LogP contribution is 2.67. The molecule has 128 valence electrons. The number of fused-ring (bicyclic) bond motifs is 1. The number of Topliss-reactive ketones (excluding diaryl/α,β-unsaturated/α-hetero) is 1. The topological polar surface area (TPSA) is 38.3 Å². The average Bonchev–Trinajstić information content (AvgIpc) is 2.76. The van der Waals surface area contributed by atoms with Crippen molar-refractivity contribution in [2.45, 2.75) is 94.9 Å². The van der Waals surface area contributed by atoms with Gasteiger partial charge >= 0.3 is 0 Å². The second-order valence-electron chi connectivity index (χ2n) is 9.43. The molecule has 0 aromatic carbocycles. The van der Waals surface area contributed by atoms with Crippen LogP contribution in [0.4, 0.5) is 0 Å². The Hall–Kier alpha value is -0.410. The van der Waals surface area contributed by atoms with Crippen molar-refractivity contribution in [3.63, 3.8) is 0 Å². The zero-order valence-corrected chi connectivity index (χ0v) is 14.6. The molecule has 0 radical (unpaired) electrons. The number of hydrogen-bond acceptors (Lipinski definition) is 3. The minimum Gasteiger partial charge on any atom is -0.367 e. The van der Waals surface area contributed by atoms with Crippen molar-refractivity contribution in [3.05, 3.63) is 0 Å². The molecule has 3 saturated heterocycles. The van der Waals surface area contributed by atoms with Crippen LogP contribution in [0.25, 0.3) is 0 Å². The molecule has 3 nitrogen and oxygen atoms in total. The zero-order chi connectivity index (χ0) is 15.8. The molecule has 1 spiro atoms. The maximum atomic E-state index is 13.0. The fourth-order valence-electron chi connectivity index (χ4n) is 7.54. The molecule has 0 amide bonds. The minimum atomic E-state index is -0.192. The molecule has 4 bridgehead atoms. The van der Waals surface area contributed by atoms with Crippen LogP contribution in [0, 0.1) is 23.7 Å². The molecule has 0 aromatic heterocycles. The Morgan fingerprint density at radius 2 is 2.00 bits per heavy atom. The second kappa shape index (κ2) is 4.82. The van der Waals surface area contributed by atoms with Crippen LogP contribution in [-0.2, 0) is 9.53 Å². The van der Waals surface area contributed by atoms with Crippen LogP contribution in [0.3, 0.4) is 0 Å². The lowest BCUT2D eigenvalue weighted by atomic mass is 9.55. The normalized spacial score (nSPS) is 58.3. The van der Waals surface area contributed by atoms with E-state index in [1.54, 1.807) is 0 Å². The summed E-state index contributed by atoms with van der Waals surface area (Å²) < 4.78 is 6.97. The lowest BCUT2D eigenvalue weighted by molar-refractivity contribution is -0.274. The lowest BCUT2D eigenvalue weighted by Crippen LogP contribution is -2.68. The average molecular weight is 317 g/mol. The van der Waals surface area contributed by atoms with Gasteiger partial charge in [0.1, 0.15) is 5.78 Å². The summed E-state index contributed by atoms with van der Waals surface area (Å²) in [7, 11) is 0. The Labute approximate surface area is 139 Å². The third-order valence-electron chi connectivity index (χ3n) is 8.25. The van der Waals surface area contributed by atoms with E-state index in [1.165, 1.54) is 44.9 Å².